The lowest BCUT2D eigenvalue weighted by molar-refractivity contribution is -0.137. The quantitative estimate of drug-likeness (QED) is 0.379. The molecule has 0 bridgehead atoms. The molecule has 138 valence electrons. The standard InChI is InChI=1S/C15H9Cl3F3N3O2/c1-6(7-3-2-4-8(5-7)15(19,20)21)23-24-11-9(16)12(14(25)26)22-13(18)10(11)17/h2-5H,1H3,(H,22,24)(H,25,26)/b23-6+. The van der Waals surface area contributed by atoms with E-state index in [4.69, 9.17) is 39.9 Å². The van der Waals surface area contributed by atoms with E-state index >= 15 is 0 Å². The van der Waals surface area contributed by atoms with Crippen molar-refractivity contribution in [2.45, 2.75) is 13.1 Å². The van der Waals surface area contributed by atoms with Crippen molar-refractivity contribution in [2.24, 2.45) is 5.10 Å². The molecule has 1 heterocycles. The van der Waals surface area contributed by atoms with E-state index in [1.54, 1.807) is 0 Å². The van der Waals surface area contributed by atoms with Crippen LogP contribution in [0.5, 0.6) is 0 Å². The summed E-state index contributed by atoms with van der Waals surface area (Å²) in [5.74, 6) is -1.44. The van der Waals surface area contributed by atoms with E-state index < -0.39 is 23.4 Å². The summed E-state index contributed by atoms with van der Waals surface area (Å²) in [6, 6.07) is 4.52. The first-order chi connectivity index (χ1) is 12.0. The molecule has 0 saturated carbocycles. The molecule has 1 aromatic heterocycles. The Morgan fingerprint density at radius 1 is 1.23 bits per heavy atom. The molecule has 11 heteroatoms. The van der Waals surface area contributed by atoms with Gasteiger partial charge in [0.05, 0.1) is 17.0 Å². The van der Waals surface area contributed by atoms with Gasteiger partial charge in [-0.25, -0.2) is 9.78 Å². The lowest BCUT2D eigenvalue weighted by Gasteiger charge is -2.11. The molecule has 0 fully saturated rings. The molecule has 0 aliphatic carbocycles. The van der Waals surface area contributed by atoms with Gasteiger partial charge in [0.1, 0.15) is 10.0 Å². The molecule has 5 nitrogen and oxygen atoms in total. The lowest BCUT2D eigenvalue weighted by Crippen LogP contribution is -2.08. The molecule has 0 aliphatic heterocycles. The number of rotatable bonds is 4. The minimum atomic E-state index is -4.49. The number of pyridine rings is 1. The van der Waals surface area contributed by atoms with Gasteiger partial charge in [0.15, 0.2) is 10.8 Å². The van der Waals surface area contributed by atoms with Gasteiger partial charge in [-0.05, 0) is 24.6 Å². The second-order valence-electron chi connectivity index (χ2n) is 4.95. The van der Waals surface area contributed by atoms with E-state index in [2.05, 4.69) is 15.5 Å². The predicted molar refractivity (Wildman–Crippen MR) is 93.5 cm³/mol. The van der Waals surface area contributed by atoms with Crippen molar-refractivity contribution in [3.05, 3.63) is 56.3 Å². The van der Waals surface area contributed by atoms with Crippen molar-refractivity contribution in [2.75, 3.05) is 5.43 Å². The van der Waals surface area contributed by atoms with E-state index in [0.29, 0.717) is 0 Å². The maximum Gasteiger partial charge on any atom is 0.416 e. The molecule has 0 aliphatic rings. The number of carboxylic acid groups (broad SMARTS) is 1. The van der Waals surface area contributed by atoms with Crippen LogP contribution >= 0.6 is 34.8 Å². The van der Waals surface area contributed by atoms with Gasteiger partial charge >= 0.3 is 12.1 Å². The summed E-state index contributed by atoms with van der Waals surface area (Å²) in [5, 5.41) is 12.1. The van der Waals surface area contributed by atoms with Crippen LogP contribution in [0.1, 0.15) is 28.5 Å². The molecule has 0 spiro atoms. The fraction of sp³-hybridized carbons (Fsp3) is 0.133. The number of hydrazone groups is 1. The molecule has 2 rings (SSSR count). The Balaban J connectivity index is 2.40. The Kier molecular flexibility index (Phi) is 6.00. The summed E-state index contributed by atoms with van der Waals surface area (Å²) < 4.78 is 38.4. The summed E-state index contributed by atoms with van der Waals surface area (Å²) in [6.45, 7) is 1.45. The number of aromatic carboxylic acids is 1. The molecular formula is C15H9Cl3F3N3O2. The Bertz CT molecular complexity index is 902. The number of carbonyl (C=O) groups is 1. The Hall–Kier alpha value is -2.03. The highest BCUT2D eigenvalue weighted by Crippen LogP contribution is 2.37. The van der Waals surface area contributed by atoms with Gasteiger partial charge in [-0.15, -0.1) is 0 Å². The van der Waals surface area contributed by atoms with Gasteiger partial charge in [0.25, 0.3) is 0 Å². The van der Waals surface area contributed by atoms with Crippen molar-refractivity contribution in [3.63, 3.8) is 0 Å². The molecule has 0 radical (unpaired) electrons. The first-order valence-corrected chi connectivity index (χ1v) is 7.91. The molecule has 2 N–H and O–H groups in total. The van der Waals surface area contributed by atoms with Gasteiger partial charge in [-0.1, -0.05) is 46.9 Å². The third-order valence-electron chi connectivity index (χ3n) is 3.18. The number of alkyl halides is 3. The van der Waals surface area contributed by atoms with Crippen LogP contribution < -0.4 is 5.43 Å². The maximum absolute atomic E-state index is 12.8. The number of nitrogens with one attached hydrogen (secondary N) is 1. The Morgan fingerprint density at radius 3 is 2.46 bits per heavy atom. The van der Waals surface area contributed by atoms with Gasteiger partial charge in [0, 0.05) is 0 Å². The van der Waals surface area contributed by atoms with Gasteiger partial charge in [0.2, 0.25) is 0 Å². The minimum Gasteiger partial charge on any atom is -0.476 e. The zero-order valence-corrected chi connectivity index (χ0v) is 15.1. The van der Waals surface area contributed by atoms with Crippen LogP contribution in [0.2, 0.25) is 15.2 Å². The zero-order valence-electron chi connectivity index (χ0n) is 12.8. The largest absolute Gasteiger partial charge is 0.476 e. The summed E-state index contributed by atoms with van der Waals surface area (Å²) in [4.78, 5) is 14.7. The van der Waals surface area contributed by atoms with E-state index in [-0.39, 0.29) is 32.2 Å². The highest BCUT2D eigenvalue weighted by Gasteiger charge is 2.30. The van der Waals surface area contributed by atoms with Gasteiger partial charge < -0.3 is 5.11 Å². The number of aromatic nitrogens is 1. The second kappa shape index (κ2) is 7.69. The van der Waals surface area contributed by atoms with Gasteiger partial charge in [-0.3, -0.25) is 5.43 Å². The highest BCUT2D eigenvalue weighted by molar-refractivity contribution is 6.46. The molecular weight excluding hydrogens is 418 g/mol. The average Bonchev–Trinajstić information content (AvgIpc) is 2.57. The number of anilines is 1. The van der Waals surface area contributed by atoms with Crippen molar-refractivity contribution < 1.29 is 23.1 Å². The van der Waals surface area contributed by atoms with Crippen molar-refractivity contribution in [3.8, 4) is 0 Å². The number of carboxylic acids is 1. The predicted octanol–water partition coefficient (Wildman–Crippen LogP) is 5.59. The third-order valence-corrected chi connectivity index (χ3v) is 4.29. The van der Waals surface area contributed by atoms with Crippen LogP contribution in [0.4, 0.5) is 18.9 Å². The monoisotopic (exact) mass is 425 g/mol. The second-order valence-corrected chi connectivity index (χ2v) is 6.06. The highest BCUT2D eigenvalue weighted by atomic mass is 35.5. The van der Waals surface area contributed by atoms with Crippen LogP contribution in [-0.4, -0.2) is 21.8 Å². The Morgan fingerprint density at radius 2 is 1.88 bits per heavy atom. The van der Waals surface area contributed by atoms with Crippen LogP contribution in [0.3, 0.4) is 0 Å². The van der Waals surface area contributed by atoms with Crippen LogP contribution in [-0.2, 0) is 6.18 Å². The number of halogens is 6. The number of hydrogen-bond acceptors (Lipinski definition) is 4. The molecule has 0 amide bonds. The summed E-state index contributed by atoms with van der Waals surface area (Å²) in [5.41, 5.74) is 1.29. The van der Waals surface area contributed by atoms with E-state index in [9.17, 15) is 18.0 Å². The molecule has 26 heavy (non-hydrogen) atoms. The third kappa shape index (κ3) is 4.38. The van der Waals surface area contributed by atoms with Crippen molar-refractivity contribution in [1.82, 2.24) is 4.98 Å². The summed E-state index contributed by atoms with van der Waals surface area (Å²) >= 11 is 17.6. The fourth-order valence-corrected chi connectivity index (χ4v) is 2.55. The topological polar surface area (TPSA) is 74.6 Å². The zero-order chi connectivity index (χ0) is 19.6. The summed E-state index contributed by atoms with van der Waals surface area (Å²) in [7, 11) is 0. The van der Waals surface area contributed by atoms with Gasteiger partial charge in [-0.2, -0.15) is 18.3 Å². The molecule has 0 unspecified atom stereocenters. The van der Waals surface area contributed by atoms with Crippen LogP contribution in [0.15, 0.2) is 29.4 Å². The van der Waals surface area contributed by atoms with Crippen molar-refractivity contribution >= 4 is 52.2 Å². The molecule has 0 atom stereocenters. The average molecular weight is 427 g/mol. The minimum absolute atomic E-state index is 0.128. The maximum atomic E-state index is 12.8. The molecule has 2 aromatic rings. The van der Waals surface area contributed by atoms with Crippen LogP contribution in [0, 0.1) is 0 Å². The number of nitrogens with zero attached hydrogens (tertiary/aromatic N) is 2. The SMILES string of the molecule is C/C(=N\Nc1c(Cl)c(Cl)nc(C(=O)O)c1Cl)c1cccc(C(F)(F)F)c1. The normalized spacial score (nSPS) is 12.2. The van der Waals surface area contributed by atoms with E-state index in [0.717, 1.165) is 12.1 Å². The molecule has 0 saturated heterocycles. The smallest absolute Gasteiger partial charge is 0.416 e. The van der Waals surface area contributed by atoms with Crippen LogP contribution in [0.25, 0.3) is 0 Å². The van der Waals surface area contributed by atoms with Crippen molar-refractivity contribution in [1.29, 1.82) is 0 Å². The number of hydrogen-bond donors (Lipinski definition) is 2. The number of benzene rings is 1. The fourth-order valence-electron chi connectivity index (χ4n) is 1.88. The van der Waals surface area contributed by atoms with E-state index in [1.165, 1.54) is 19.1 Å². The molecule has 1 aromatic carbocycles. The summed E-state index contributed by atoms with van der Waals surface area (Å²) in [6.07, 6.45) is -4.49. The first kappa shape index (κ1) is 20.3. The van der Waals surface area contributed by atoms with E-state index in [1.807, 2.05) is 0 Å². The lowest BCUT2D eigenvalue weighted by atomic mass is 10.1. The Labute approximate surface area is 160 Å². The first-order valence-electron chi connectivity index (χ1n) is 6.78.